The predicted octanol–water partition coefficient (Wildman–Crippen LogP) is 2.78. The highest BCUT2D eigenvalue weighted by Crippen LogP contribution is 2.55. The van der Waals surface area contributed by atoms with Gasteiger partial charge in [-0.1, -0.05) is 0 Å². The normalized spacial score (nSPS) is 32.3. The van der Waals surface area contributed by atoms with E-state index in [4.69, 9.17) is 0 Å². The monoisotopic (exact) mass is 341 g/mol. The van der Waals surface area contributed by atoms with Crippen molar-refractivity contribution in [1.29, 1.82) is 0 Å². The Morgan fingerprint density at radius 1 is 0.920 bits per heavy atom. The number of nitrogens with zero attached hydrogens (tertiary/aromatic N) is 1. The summed E-state index contributed by atoms with van der Waals surface area (Å²) in [6.07, 6.45) is 7.11. The zero-order valence-electron chi connectivity index (χ0n) is 15.0. The molecule has 4 bridgehead atoms. The largest absolute Gasteiger partial charge is 0.378 e. The maximum Gasteiger partial charge on any atom is 0.313 e. The third-order valence-corrected chi connectivity index (χ3v) is 6.26. The Hall–Kier alpha value is -2.04. The van der Waals surface area contributed by atoms with Gasteiger partial charge in [-0.3, -0.25) is 9.59 Å². The first kappa shape index (κ1) is 16.4. The molecule has 134 valence electrons. The van der Waals surface area contributed by atoms with E-state index in [0.717, 1.165) is 42.7 Å². The van der Waals surface area contributed by atoms with Crippen molar-refractivity contribution < 1.29 is 9.59 Å². The van der Waals surface area contributed by atoms with Gasteiger partial charge in [0.05, 0.1) is 0 Å². The lowest BCUT2D eigenvalue weighted by Gasteiger charge is -2.56. The highest BCUT2D eigenvalue weighted by Gasteiger charge is 2.51. The average molecular weight is 341 g/mol. The van der Waals surface area contributed by atoms with Crippen LogP contribution in [-0.4, -0.2) is 31.4 Å². The maximum atomic E-state index is 12.5. The van der Waals surface area contributed by atoms with Gasteiger partial charge in [0.25, 0.3) is 0 Å². The van der Waals surface area contributed by atoms with Crippen molar-refractivity contribution in [2.75, 3.05) is 24.3 Å². The van der Waals surface area contributed by atoms with Crippen molar-refractivity contribution in [2.45, 2.75) is 44.1 Å². The van der Waals surface area contributed by atoms with Crippen LogP contribution in [0.3, 0.4) is 0 Å². The van der Waals surface area contributed by atoms with Crippen LogP contribution in [0.4, 0.5) is 11.4 Å². The van der Waals surface area contributed by atoms with Gasteiger partial charge in [-0.25, -0.2) is 0 Å². The van der Waals surface area contributed by atoms with Crippen LogP contribution in [0.25, 0.3) is 0 Å². The Bertz CT molecular complexity index is 645. The van der Waals surface area contributed by atoms with Crippen LogP contribution in [0.1, 0.15) is 38.5 Å². The minimum Gasteiger partial charge on any atom is -0.378 e. The lowest BCUT2D eigenvalue weighted by molar-refractivity contribution is -0.139. The number of nitrogens with one attached hydrogen (secondary N) is 2. The van der Waals surface area contributed by atoms with E-state index in [1.54, 1.807) is 0 Å². The van der Waals surface area contributed by atoms with Crippen LogP contribution in [-0.2, 0) is 9.59 Å². The number of hydrogen-bond acceptors (Lipinski definition) is 3. The van der Waals surface area contributed by atoms with Crippen molar-refractivity contribution >= 4 is 23.2 Å². The topological polar surface area (TPSA) is 61.4 Å². The Morgan fingerprint density at radius 2 is 1.44 bits per heavy atom. The molecule has 0 heterocycles. The first-order valence-electron chi connectivity index (χ1n) is 9.33. The second-order valence-corrected chi connectivity index (χ2v) is 8.55. The molecule has 0 aromatic heterocycles. The molecule has 4 aliphatic rings. The fourth-order valence-electron chi connectivity index (χ4n) is 5.59. The number of benzene rings is 1. The molecule has 5 nitrogen and oxygen atoms in total. The maximum absolute atomic E-state index is 12.5. The van der Waals surface area contributed by atoms with Crippen molar-refractivity contribution in [1.82, 2.24) is 5.32 Å². The minimum atomic E-state index is -0.562. The summed E-state index contributed by atoms with van der Waals surface area (Å²) in [6, 6.07) is 7.50. The molecule has 25 heavy (non-hydrogen) atoms. The van der Waals surface area contributed by atoms with Crippen molar-refractivity contribution in [3.8, 4) is 0 Å². The summed E-state index contributed by atoms with van der Waals surface area (Å²) >= 11 is 0. The van der Waals surface area contributed by atoms with Gasteiger partial charge in [-0.2, -0.15) is 0 Å². The molecule has 0 atom stereocenters. The molecular formula is C20H27N3O2. The van der Waals surface area contributed by atoms with Crippen molar-refractivity contribution in [3.05, 3.63) is 24.3 Å². The van der Waals surface area contributed by atoms with E-state index in [1.165, 1.54) is 19.3 Å². The highest BCUT2D eigenvalue weighted by molar-refractivity contribution is 6.39. The SMILES string of the molecule is CN(C)c1ccc(NC(=O)C(=O)NC23CC4CC(CC(C4)C2)C3)cc1. The second-order valence-electron chi connectivity index (χ2n) is 8.55. The molecule has 2 N–H and O–H groups in total. The molecule has 0 spiro atoms. The third-order valence-electron chi connectivity index (χ3n) is 6.26. The van der Waals surface area contributed by atoms with Gasteiger partial charge in [-0.05, 0) is 80.5 Å². The molecule has 1 aromatic rings. The van der Waals surface area contributed by atoms with E-state index < -0.39 is 11.8 Å². The van der Waals surface area contributed by atoms with E-state index in [1.807, 2.05) is 43.3 Å². The summed E-state index contributed by atoms with van der Waals surface area (Å²) in [5.41, 5.74) is 1.57. The molecule has 4 aliphatic carbocycles. The number of carbonyl (C=O) groups excluding carboxylic acids is 2. The van der Waals surface area contributed by atoms with Crippen LogP contribution >= 0.6 is 0 Å². The Balaban J connectivity index is 1.38. The summed E-state index contributed by atoms with van der Waals surface area (Å²) < 4.78 is 0. The molecule has 4 saturated carbocycles. The van der Waals surface area contributed by atoms with Gasteiger partial charge in [-0.15, -0.1) is 0 Å². The van der Waals surface area contributed by atoms with Crippen LogP contribution in [0.2, 0.25) is 0 Å². The van der Waals surface area contributed by atoms with Gasteiger partial charge in [0, 0.05) is 31.0 Å². The average Bonchev–Trinajstić information content (AvgIpc) is 2.53. The molecule has 0 aliphatic heterocycles. The number of carbonyl (C=O) groups is 2. The summed E-state index contributed by atoms with van der Waals surface area (Å²) in [6.45, 7) is 0. The highest BCUT2D eigenvalue weighted by atomic mass is 16.2. The fraction of sp³-hybridized carbons (Fsp3) is 0.600. The van der Waals surface area contributed by atoms with E-state index >= 15 is 0 Å². The van der Waals surface area contributed by atoms with Crippen LogP contribution < -0.4 is 15.5 Å². The standard InChI is InChI=1S/C20H27N3O2/c1-23(2)17-5-3-16(4-6-17)21-18(24)19(25)22-20-10-13-7-14(11-20)9-15(8-13)12-20/h3-6,13-15H,7-12H2,1-2H3,(H,21,24)(H,22,25). The van der Waals surface area contributed by atoms with E-state index in [0.29, 0.717) is 5.69 Å². The van der Waals surface area contributed by atoms with Crippen molar-refractivity contribution in [3.63, 3.8) is 0 Å². The molecule has 0 radical (unpaired) electrons. The molecule has 0 unspecified atom stereocenters. The number of anilines is 2. The molecule has 5 rings (SSSR count). The lowest BCUT2D eigenvalue weighted by Crippen LogP contribution is -2.61. The zero-order chi connectivity index (χ0) is 17.6. The Kier molecular flexibility index (Phi) is 3.97. The van der Waals surface area contributed by atoms with E-state index in [9.17, 15) is 9.59 Å². The Labute approximate surface area is 149 Å². The predicted molar refractivity (Wildman–Crippen MR) is 98.4 cm³/mol. The summed E-state index contributed by atoms with van der Waals surface area (Å²) in [4.78, 5) is 26.8. The molecule has 1 aromatic carbocycles. The molecule has 4 fully saturated rings. The van der Waals surface area contributed by atoms with Crippen LogP contribution in [0.15, 0.2) is 24.3 Å². The van der Waals surface area contributed by atoms with Gasteiger partial charge in [0.2, 0.25) is 0 Å². The first-order valence-corrected chi connectivity index (χ1v) is 9.33. The lowest BCUT2D eigenvalue weighted by atomic mass is 9.53. The quantitative estimate of drug-likeness (QED) is 0.831. The molecule has 5 heteroatoms. The number of rotatable bonds is 3. The van der Waals surface area contributed by atoms with Gasteiger partial charge >= 0.3 is 11.8 Å². The van der Waals surface area contributed by atoms with Crippen molar-refractivity contribution in [2.24, 2.45) is 17.8 Å². The minimum absolute atomic E-state index is 0.127. The first-order chi connectivity index (χ1) is 11.9. The summed E-state index contributed by atoms with van der Waals surface area (Å²) in [7, 11) is 3.93. The summed E-state index contributed by atoms with van der Waals surface area (Å²) in [5, 5.41) is 5.84. The fourth-order valence-corrected chi connectivity index (χ4v) is 5.59. The number of amides is 2. The van der Waals surface area contributed by atoms with Gasteiger partial charge in [0.15, 0.2) is 0 Å². The smallest absolute Gasteiger partial charge is 0.313 e. The van der Waals surface area contributed by atoms with E-state index in [2.05, 4.69) is 10.6 Å². The zero-order valence-corrected chi connectivity index (χ0v) is 15.0. The molecular weight excluding hydrogens is 314 g/mol. The van der Waals surface area contributed by atoms with Gasteiger partial charge < -0.3 is 15.5 Å². The second kappa shape index (κ2) is 6.04. The Morgan fingerprint density at radius 3 is 1.92 bits per heavy atom. The van der Waals surface area contributed by atoms with Crippen LogP contribution in [0, 0.1) is 17.8 Å². The van der Waals surface area contributed by atoms with Gasteiger partial charge in [0.1, 0.15) is 0 Å². The van der Waals surface area contributed by atoms with Crippen LogP contribution in [0.5, 0.6) is 0 Å². The summed E-state index contributed by atoms with van der Waals surface area (Å²) in [5.74, 6) is 1.18. The number of hydrogen-bond donors (Lipinski definition) is 2. The molecule has 0 saturated heterocycles. The molecule has 2 amide bonds. The third kappa shape index (κ3) is 3.24. The van der Waals surface area contributed by atoms with E-state index in [-0.39, 0.29) is 5.54 Å².